The molecule has 0 aromatic heterocycles. The van der Waals surface area contributed by atoms with E-state index in [1.54, 1.807) is 0 Å². The van der Waals surface area contributed by atoms with Crippen LogP contribution in [0.3, 0.4) is 0 Å². The third-order valence-electron chi connectivity index (χ3n) is 1.33. The lowest BCUT2D eigenvalue weighted by Gasteiger charge is -2.22. The van der Waals surface area contributed by atoms with E-state index < -0.39 is 0 Å². The van der Waals surface area contributed by atoms with Gasteiger partial charge < -0.3 is 4.74 Å². The molecule has 10 heavy (non-hydrogen) atoms. The highest BCUT2D eigenvalue weighted by molar-refractivity contribution is 8.19. The van der Waals surface area contributed by atoms with Crippen molar-refractivity contribution < 1.29 is 9.53 Å². The van der Waals surface area contributed by atoms with Gasteiger partial charge in [-0.2, -0.15) is 0 Å². The molecular weight excluding hydrogens is 174 g/mol. The fourth-order valence-electron chi connectivity index (χ4n) is 0.724. The smallest absolute Gasteiger partial charge is 0.421 e. The summed E-state index contributed by atoms with van der Waals surface area (Å²) in [6.07, 6.45) is -0.356. The minimum absolute atomic E-state index is 0.274. The Morgan fingerprint density at radius 1 is 1.80 bits per heavy atom. The van der Waals surface area contributed by atoms with Crippen molar-refractivity contribution in [3.05, 3.63) is 0 Å². The molecule has 58 valence electrons. The number of hydrogen-bond acceptors (Lipinski definition) is 3. The molecule has 1 aliphatic heterocycles. The fraction of sp³-hybridized carbons (Fsp3) is 0.800. The molecule has 1 heterocycles. The Kier molecular flexibility index (Phi) is 2.01. The number of hydrogen-bond donors (Lipinski definition) is 0. The summed E-state index contributed by atoms with van der Waals surface area (Å²) < 4.78 is 6.16. The second kappa shape index (κ2) is 2.51. The van der Waals surface area contributed by atoms with E-state index in [0.29, 0.717) is 6.61 Å². The summed E-state index contributed by atoms with van der Waals surface area (Å²) in [4.78, 5) is 10.8. The molecule has 0 bridgehead atoms. The number of rotatable bonds is 1. The number of halogens is 1. The zero-order valence-electron chi connectivity index (χ0n) is 5.76. The van der Waals surface area contributed by atoms with Crippen LogP contribution >= 0.6 is 21.8 Å². The molecule has 0 N–H and O–H groups in total. The Labute approximate surface area is 68.3 Å². The second-order valence-corrected chi connectivity index (χ2v) is 3.65. The molecule has 0 saturated carbocycles. The van der Waals surface area contributed by atoms with Gasteiger partial charge in [0.25, 0.3) is 0 Å². The lowest BCUT2D eigenvalue weighted by Crippen LogP contribution is -2.35. The van der Waals surface area contributed by atoms with Crippen molar-refractivity contribution in [3.63, 3.8) is 0 Å². The van der Waals surface area contributed by atoms with Gasteiger partial charge >= 0.3 is 6.09 Å². The first-order valence-corrected chi connectivity index (χ1v) is 4.43. The van der Waals surface area contributed by atoms with Gasteiger partial charge in [0.15, 0.2) is 0 Å². The Hall–Kier alpha value is -0.0900. The number of ether oxygens (including phenoxy) is 1. The molecule has 3 nitrogen and oxygen atoms in total. The number of carbonyl (C=O) groups excluding carboxylic acids is 1. The van der Waals surface area contributed by atoms with Crippen molar-refractivity contribution in [1.82, 2.24) is 4.31 Å². The molecule has 0 radical (unpaired) electrons. The minimum atomic E-state index is -0.356. The molecule has 0 atom stereocenters. The second-order valence-electron chi connectivity index (χ2n) is 2.73. The Morgan fingerprint density at radius 3 is 2.60 bits per heavy atom. The summed E-state index contributed by atoms with van der Waals surface area (Å²) in [5, 5.41) is 0. The molecule has 0 aliphatic carbocycles. The average Bonchev–Trinajstić information content (AvgIpc) is 2.07. The van der Waals surface area contributed by atoms with Crippen LogP contribution in [0.2, 0.25) is 0 Å². The van der Waals surface area contributed by atoms with Crippen LogP contribution in [0.15, 0.2) is 0 Å². The van der Waals surface area contributed by atoms with E-state index in [9.17, 15) is 4.79 Å². The van der Waals surface area contributed by atoms with Crippen molar-refractivity contribution in [2.75, 3.05) is 6.61 Å². The quantitative estimate of drug-likeness (QED) is 0.580. The van der Waals surface area contributed by atoms with Gasteiger partial charge in [-0.3, -0.25) is 0 Å². The van der Waals surface area contributed by atoms with Crippen molar-refractivity contribution in [1.29, 1.82) is 0 Å². The molecule has 1 aliphatic rings. The van der Waals surface area contributed by atoms with Gasteiger partial charge in [-0.05, 0) is 24.5 Å². The Morgan fingerprint density at radius 2 is 2.40 bits per heavy atom. The largest absolute Gasteiger partial charge is 0.446 e. The maximum Gasteiger partial charge on any atom is 0.421 e. The summed E-state index contributed by atoms with van der Waals surface area (Å²) in [7, 11) is 5.43. The predicted octanol–water partition coefficient (Wildman–Crippen LogP) is 2.02. The zero-order valence-corrected chi connectivity index (χ0v) is 7.33. The average molecular weight is 182 g/mol. The molecule has 0 spiro atoms. The monoisotopic (exact) mass is 181 g/mol. The fourth-order valence-corrected chi connectivity index (χ4v) is 1.80. The van der Waals surface area contributed by atoms with E-state index in [1.165, 1.54) is 4.31 Å². The van der Waals surface area contributed by atoms with E-state index in [1.807, 2.05) is 13.8 Å². The highest BCUT2D eigenvalue weighted by atomic mass is 35.7. The standard InChI is InChI=1S/C5H8ClNO2S/c1-5(2)3-9-4(8)7(5)10-6/h3H2,1-2H3. The van der Waals surface area contributed by atoms with Crippen LogP contribution < -0.4 is 0 Å². The van der Waals surface area contributed by atoms with Crippen molar-refractivity contribution >= 4 is 27.9 Å². The summed E-state index contributed by atoms with van der Waals surface area (Å²) >= 11 is 0.878. The van der Waals surface area contributed by atoms with Crippen LogP contribution in [-0.2, 0) is 4.74 Å². The van der Waals surface area contributed by atoms with Crippen LogP contribution in [-0.4, -0.2) is 22.5 Å². The first-order valence-electron chi connectivity index (χ1n) is 2.83. The topological polar surface area (TPSA) is 29.5 Å². The van der Waals surface area contributed by atoms with E-state index in [4.69, 9.17) is 15.4 Å². The molecule has 1 amide bonds. The Balaban J connectivity index is 2.73. The molecule has 1 saturated heterocycles. The summed E-state index contributed by atoms with van der Waals surface area (Å²) in [5.41, 5.74) is -0.274. The minimum Gasteiger partial charge on any atom is -0.446 e. The molecular formula is C5H8ClNO2S. The summed E-state index contributed by atoms with van der Waals surface area (Å²) in [6, 6.07) is 0. The SMILES string of the molecule is CC1(C)COC(=O)N1SCl. The molecule has 1 fully saturated rings. The van der Waals surface area contributed by atoms with Gasteiger partial charge in [-0.25, -0.2) is 9.10 Å². The van der Waals surface area contributed by atoms with Crippen molar-refractivity contribution in [2.24, 2.45) is 0 Å². The molecule has 5 heteroatoms. The summed E-state index contributed by atoms with van der Waals surface area (Å²) in [5.74, 6) is 0. The van der Waals surface area contributed by atoms with E-state index in [0.717, 1.165) is 11.2 Å². The number of amides is 1. The van der Waals surface area contributed by atoms with Crippen molar-refractivity contribution in [3.8, 4) is 0 Å². The van der Waals surface area contributed by atoms with E-state index >= 15 is 0 Å². The van der Waals surface area contributed by atoms with Gasteiger partial charge in [0.05, 0.1) is 16.7 Å². The van der Waals surface area contributed by atoms with Gasteiger partial charge in [0, 0.05) is 0 Å². The maximum absolute atomic E-state index is 10.8. The van der Waals surface area contributed by atoms with Crippen LogP contribution in [0.1, 0.15) is 13.8 Å². The van der Waals surface area contributed by atoms with E-state index in [2.05, 4.69) is 0 Å². The highest BCUT2D eigenvalue weighted by Gasteiger charge is 2.40. The van der Waals surface area contributed by atoms with Crippen LogP contribution in [0, 0.1) is 0 Å². The Bertz CT molecular complexity index is 162. The number of nitrogens with zero attached hydrogens (tertiary/aromatic N) is 1. The lowest BCUT2D eigenvalue weighted by molar-refractivity contribution is 0.170. The predicted molar refractivity (Wildman–Crippen MR) is 40.7 cm³/mol. The molecule has 0 aromatic carbocycles. The zero-order chi connectivity index (χ0) is 7.78. The van der Waals surface area contributed by atoms with Crippen LogP contribution in [0.25, 0.3) is 0 Å². The van der Waals surface area contributed by atoms with Gasteiger partial charge in [0.1, 0.15) is 6.61 Å². The van der Waals surface area contributed by atoms with Crippen molar-refractivity contribution in [2.45, 2.75) is 19.4 Å². The van der Waals surface area contributed by atoms with Crippen LogP contribution in [0.5, 0.6) is 0 Å². The number of carbonyl (C=O) groups is 1. The molecule has 0 unspecified atom stereocenters. The normalized spacial score (nSPS) is 23.1. The maximum atomic E-state index is 10.8. The summed E-state index contributed by atoms with van der Waals surface area (Å²) in [6.45, 7) is 4.20. The van der Waals surface area contributed by atoms with Crippen LogP contribution in [0.4, 0.5) is 4.79 Å². The first kappa shape index (κ1) is 8.01. The third kappa shape index (κ3) is 1.18. The van der Waals surface area contributed by atoms with Gasteiger partial charge in [-0.15, -0.1) is 0 Å². The third-order valence-corrected chi connectivity index (χ3v) is 2.53. The highest BCUT2D eigenvalue weighted by Crippen LogP contribution is 2.32. The lowest BCUT2D eigenvalue weighted by atomic mass is 10.1. The number of cyclic esters (lactones) is 1. The van der Waals surface area contributed by atoms with Gasteiger partial charge in [-0.1, -0.05) is 0 Å². The first-order chi connectivity index (χ1) is 4.58. The van der Waals surface area contributed by atoms with E-state index in [-0.39, 0.29) is 11.6 Å². The van der Waals surface area contributed by atoms with Gasteiger partial charge in [0.2, 0.25) is 0 Å². The molecule has 0 aromatic rings. The molecule has 1 rings (SSSR count).